The molecule has 1 aromatic carbocycles. The van der Waals surface area contributed by atoms with Crippen LogP contribution in [0, 0.1) is 11.8 Å². The number of carbonyl (C=O) groups excluding carboxylic acids is 2. The van der Waals surface area contributed by atoms with Gasteiger partial charge < -0.3 is 10.1 Å². The number of anilines is 1. The molecule has 1 fully saturated rings. The summed E-state index contributed by atoms with van der Waals surface area (Å²) in [5, 5.41) is 2.83. The lowest BCUT2D eigenvalue weighted by Crippen LogP contribution is -2.23. The minimum atomic E-state index is -0.182. The Morgan fingerprint density at radius 3 is 2.84 bits per heavy atom. The quantitative estimate of drug-likeness (QED) is 0.831. The molecule has 1 aromatic rings. The number of Topliss-reactive ketones (excluding diaryl/α,β-unsaturated/α-hetero) is 1. The molecule has 0 aromatic heterocycles. The number of ketones is 1. The Labute approximate surface area is 112 Å². The Hall–Kier alpha value is -1.84. The van der Waals surface area contributed by atoms with Gasteiger partial charge in [0.1, 0.15) is 5.75 Å². The van der Waals surface area contributed by atoms with E-state index in [4.69, 9.17) is 4.74 Å². The lowest BCUT2D eigenvalue weighted by atomic mass is 9.80. The molecule has 1 aliphatic carbocycles. The highest BCUT2D eigenvalue weighted by Gasteiger charge is 2.27. The van der Waals surface area contributed by atoms with Crippen molar-refractivity contribution in [2.24, 2.45) is 11.8 Å². The smallest absolute Gasteiger partial charge is 0.230 e. The zero-order valence-corrected chi connectivity index (χ0v) is 10.9. The summed E-state index contributed by atoms with van der Waals surface area (Å²) in [5.41, 5.74) is 1.28. The minimum Gasteiger partial charge on any atom is -0.491 e. The van der Waals surface area contributed by atoms with Gasteiger partial charge in [0.2, 0.25) is 5.91 Å². The van der Waals surface area contributed by atoms with Gasteiger partial charge >= 0.3 is 0 Å². The summed E-state index contributed by atoms with van der Waals surface area (Å²) in [7, 11) is 0. The molecule has 1 amide bonds. The first kappa shape index (κ1) is 12.2. The third-order valence-electron chi connectivity index (χ3n) is 3.93. The van der Waals surface area contributed by atoms with Gasteiger partial charge in [-0.3, -0.25) is 9.59 Å². The van der Waals surface area contributed by atoms with E-state index < -0.39 is 0 Å². The van der Waals surface area contributed by atoms with Gasteiger partial charge in [0.05, 0.1) is 18.2 Å². The molecule has 1 N–H and O–H groups in total. The summed E-state index contributed by atoms with van der Waals surface area (Å²) >= 11 is 0. The van der Waals surface area contributed by atoms with Gasteiger partial charge in [-0.25, -0.2) is 0 Å². The highest BCUT2D eigenvalue weighted by atomic mass is 16.5. The van der Waals surface area contributed by atoms with Crippen molar-refractivity contribution in [3.05, 3.63) is 23.8 Å². The number of benzene rings is 1. The Balaban J connectivity index is 1.88. The maximum Gasteiger partial charge on any atom is 0.230 e. The van der Waals surface area contributed by atoms with E-state index in [9.17, 15) is 9.59 Å². The predicted octanol–water partition coefficient (Wildman–Crippen LogP) is 2.64. The zero-order valence-electron chi connectivity index (χ0n) is 10.9. The number of hydrogen-bond donors (Lipinski definition) is 1. The Bertz CT molecular complexity index is 534. The van der Waals surface area contributed by atoms with Crippen molar-refractivity contribution in [1.82, 2.24) is 0 Å². The SMILES string of the molecule is CC1COc2ccc(C(=O)C3CCC3)cc2NC1=O. The molecule has 1 atom stereocenters. The van der Waals surface area contributed by atoms with Gasteiger partial charge in [0.15, 0.2) is 5.78 Å². The summed E-state index contributed by atoms with van der Waals surface area (Å²) in [6, 6.07) is 5.31. The molecule has 2 aliphatic rings. The highest BCUT2D eigenvalue weighted by molar-refractivity contribution is 6.01. The van der Waals surface area contributed by atoms with E-state index in [2.05, 4.69) is 5.32 Å². The molecule has 1 unspecified atom stereocenters. The number of fused-ring (bicyclic) bond motifs is 1. The molecule has 0 radical (unpaired) electrons. The largest absolute Gasteiger partial charge is 0.491 e. The van der Waals surface area contributed by atoms with Crippen molar-refractivity contribution >= 4 is 17.4 Å². The van der Waals surface area contributed by atoms with Gasteiger partial charge in [-0.05, 0) is 31.0 Å². The fourth-order valence-electron chi connectivity index (χ4n) is 2.36. The molecule has 1 saturated carbocycles. The monoisotopic (exact) mass is 259 g/mol. The van der Waals surface area contributed by atoms with Crippen LogP contribution < -0.4 is 10.1 Å². The van der Waals surface area contributed by atoms with Crippen LogP contribution in [-0.4, -0.2) is 18.3 Å². The van der Waals surface area contributed by atoms with E-state index >= 15 is 0 Å². The number of rotatable bonds is 2. The van der Waals surface area contributed by atoms with Crippen LogP contribution in [0.3, 0.4) is 0 Å². The predicted molar refractivity (Wildman–Crippen MR) is 71.4 cm³/mol. The second-order valence-corrected chi connectivity index (χ2v) is 5.40. The third kappa shape index (κ3) is 2.23. The molecule has 0 saturated heterocycles. The number of nitrogens with one attached hydrogen (secondary N) is 1. The Kier molecular flexibility index (Phi) is 3.01. The maximum absolute atomic E-state index is 12.2. The summed E-state index contributed by atoms with van der Waals surface area (Å²) in [5.74, 6) is 0.744. The van der Waals surface area contributed by atoms with Crippen LogP contribution in [0.15, 0.2) is 18.2 Å². The summed E-state index contributed by atoms with van der Waals surface area (Å²) in [6.07, 6.45) is 3.10. The van der Waals surface area contributed by atoms with Crippen molar-refractivity contribution in [1.29, 1.82) is 0 Å². The van der Waals surface area contributed by atoms with Crippen molar-refractivity contribution in [2.75, 3.05) is 11.9 Å². The van der Waals surface area contributed by atoms with E-state index in [0.717, 1.165) is 19.3 Å². The fraction of sp³-hybridized carbons (Fsp3) is 0.467. The molecule has 4 nitrogen and oxygen atoms in total. The van der Waals surface area contributed by atoms with E-state index in [0.29, 0.717) is 23.6 Å². The zero-order chi connectivity index (χ0) is 13.4. The van der Waals surface area contributed by atoms with Crippen molar-refractivity contribution in [3.8, 4) is 5.75 Å². The molecule has 0 spiro atoms. The van der Waals surface area contributed by atoms with Crippen LogP contribution in [-0.2, 0) is 4.79 Å². The lowest BCUT2D eigenvalue weighted by molar-refractivity contribution is -0.119. The standard InChI is InChI=1S/C15H17NO3/c1-9-8-19-13-6-5-11(7-12(13)16-15(9)18)14(17)10-3-2-4-10/h5-7,9-10H,2-4,8H2,1H3,(H,16,18). The average Bonchev–Trinajstić information content (AvgIpc) is 2.47. The molecule has 19 heavy (non-hydrogen) atoms. The van der Waals surface area contributed by atoms with E-state index in [1.807, 2.05) is 6.92 Å². The molecule has 0 bridgehead atoms. The van der Waals surface area contributed by atoms with E-state index in [1.165, 1.54) is 0 Å². The number of hydrogen-bond acceptors (Lipinski definition) is 3. The van der Waals surface area contributed by atoms with Gasteiger partial charge in [-0.15, -0.1) is 0 Å². The van der Waals surface area contributed by atoms with Crippen LogP contribution in [0.1, 0.15) is 36.5 Å². The maximum atomic E-state index is 12.2. The fourth-order valence-corrected chi connectivity index (χ4v) is 2.36. The number of amides is 1. The van der Waals surface area contributed by atoms with Gasteiger partial charge in [-0.2, -0.15) is 0 Å². The third-order valence-corrected chi connectivity index (χ3v) is 3.93. The van der Waals surface area contributed by atoms with Crippen LogP contribution in [0.2, 0.25) is 0 Å². The second kappa shape index (κ2) is 4.68. The molecule has 3 rings (SSSR count). The van der Waals surface area contributed by atoms with Crippen molar-refractivity contribution in [2.45, 2.75) is 26.2 Å². The van der Waals surface area contributed by atoms with Gasteiger partial charge in [0.25, 0.3) is 0 Å². The number of carbonyl (C=O) groups is 2. The summed E-state index contributed by atoms with van der Waals surface area (Å²) in [4.78, 5) is 24.0. The molecule has 4 heteroatoms. The first-order valence-corrected chi connectivity index (χ1v) is 6.77. The average molecular weight is 259 g/mol. The normalized spacial score (nSPS) is 22.6. The second-order valence-electron chi connectivity index (χ2n) is 5.40. The molecular weight excluding hydrogens is 242 g/mol. The first-order valence-electron chi connectivity index (χ1n) is 6.77. The summed E-state index contributed by atoms with van der Waals surface area (Å²) < 4.78 is 5.57. The minimum absolute atomic E-state index is 0.0630. The Morgan fingerprint density at radius 2 is 2.16 bits per heavy atom. The van der Waals surface area contributed by atoms with Crippen LogP contribution in [0.5, 0.6) is 5.75 Å². The van der Waals surface area contributed by atoms with Crippen LogP contribution in [0.4, 0.5) is 5.69 Å². The first-order chi connectivity index (χ1) is 9.15. The Morgan fingerprint density at radius 1 is 1.37 bits per heavy atom. The molecule has 1 aliphatic heterocycles. The lowest BCUT2D eigenvalue weighted by Gasteiger charge is -2.24. The van der Waals surface area contributed by atoms with Crippen LogP contribution >= 0.6 is 0 Å². The van der Waals surface area contributed by atoms with Crippen molar-refractivity contribution < 1.29 is 14.3 Å². The molecular formula is C15H17NO3. The topological polar surface area (TPSA) is 55.4 Å². The van der Waals surface area contributed by atoms with Crippen LogP contribution in [0.25, 0.3) is 0 Å². The molecule has 100 valence electrons. The highest BCUT2D eigenvalue weighted by Crippen LogP contribution is 2.33. The van der Waals surface area contributed by atoms with Gasteiger partial charge in [-0.1, -0.05) is 13.3 Å². The van der Waals surface area contributed by atoms with E-state index in [1.54, 1.807) is 18.2 Å². The number of ether oxygens (including phenoxy) is 1. The van der Waals surface area contributed by atoms with Crippen molar-refractivity contribution in [3.63, 3.8) is 0 Å². The van der Waals surface area contributed by atoms with Gasteiger partial charge in [0, 0.05) is 11.5 Å². The summed E-state index contributed by atoms with van der Waals surface area (Å²) in [6.45, 7) is 2.19. The van der Waals surface area contributed by atoms with E-state index in [-0.39, 0.29) is 23.5 Å². The molecule has 1 heterocycles.